The fraction of sp³-hybridized carbons (Fsp3) is 0.273. The topological polar surface area (TPSA) is 125 Å². The van der Waals surface area contributed by atoms with Gasteiger partial charge in [0.05, 0.1) is 25.9 Å². The Bertz CT molecular complexity index is 446. The minimum Gasteiger partial charge on any atom is -0.495 e. The maximum Gasteiger partial charge on any atom is 0.236 e. The minimum atomic E-state index is -0.563. The summed E-state index contributed by atoms with van der Waals surface area (Å²) in [7, 11) is 1.47. The predicted molar refractivity (Wildman–Crippen MR) is 68.0 cm³/mol. The molecule has 0 aliphatic carbocycles. The van der Waals surface area contributed by atoms with Crippen LogP contribution in [0.2, 0.25) is 0 Å². The molecular formula is C11H16N4O3. The number of ether oxygens (including phenoxy) is 1. The smallest absolute Gasteiger partial charge is 0.236 e. The molecule has 0 aromatic heterocycles. The normalized spacial score (nSPS) is 9.83. The second-order valence-corrected chi connectivity index (χ2v) is 3.71. The van der Waals surface area contributed by atoms with Crippen molar-refractivity contribution in [1.29, 1.82) is 0 Å². The molecule has 18 heavy (non-hydrogen) atoms. The number of amides is 2. The number of nitrogens with two attached hydrogens (primary N) is 3. The average Bonchev–Trinajstić information content (AvgIpc) is 2.27. The van der Waals surface area contributed by atoms with E-state index >= 15 is 0 Å². The number of hydrogen-bond acceptors (Lipinski definition) is 5. The third-order valence-corrected chi connectivity index (χ3v) is 2.28. The van der Waals surface area contributed by atoms with Crippen molar-refractivity contribution in [2.45, 2.75) is 0 Å². The third kappa shape index (κ3) is 3.55. The molecule has 0 heterocycles. The highest BCUT2D eigenvalue weighted by atomic mass is 16.5. The lowest BCUT2D eigenvalue weighted by Gasteiger charge is -2.22. The number of benzene rings is 1. The summed E-state index contributed by atoms with van der Waals surface area (Å²) in [4.78, 5) is 23.4. The van der Waals surface area contributed by atoms with Crippen LogP contribution in [-0.4, -0.2) is 32.0 Å². The molecule has 98 valence electrons. The van der Waals surface area contributed by atoms with Crippen LogP contribution in [0.4, 0.5) is 11.4 Å². The molecule has 0 aliphatic rings. The first-order valence-corrected chi connectivity index (χ1v) is 5.19. The van der Waals surface area contributed by atoms with Gasteiger partial charge >= 0.3 is 0 Å². The van der Waals surface area contributed by atoms with E-state index in [1.54, 1.807) is 18.2 Å². The first-order valence-electron chi connectivity index (χ1n) is 5.19. The molecule has 0 unspecified atom stereocenters. The molecule has 1 aromatic rings. The first-order chi connectivity index (χ1) is 8.43. The Balaban J connectivity index is 3.03. The van der Waals surface area contributed by atoms with E-state index in [1.807, 2.05) is 0 Å². The molecule has 7 heteroatoms. The van der Waals surface area contributed by atoms with Crippen molar-refractivity contribution >= 4 is 23.2 Å². The zero-order valence-electron chi connectivity index (χ0n) is 10.1. The van der Waals surface area contributed by atoms with Gasteiger partial charge in [-0.3, -0.25) is 9.59 Å². The lowest BCUT2D eigenvalue weighted by molar-refractivity contribution is -0.117. The van der Waals surface area contributed by atoms with Gasteiger partial charge in [-0.25, -0.2) is 0 Å². The van der Waals surface area contributed by atoms with Crippen LogP contribution in [0.3, 0.4) is 0 Å². The van der Waals surface area contributed by atoms with Gasteiger partial charge in [-0.1, -0.05) is 0 Å². The molecule has 0 aliphatic heterocycles. The largest absolute Gasteiger partial charge is 0.495 e. The highest BCUT2D eigenvalue weighted by Gasteiger charge is 2.13. The van der Waals surface area contributed by atoms with E-state index in [1.165, 1.54) is 12.0 Å². The molecule has 1 rings (SSSR count). The Morgan fingerprint density at radius 2 is 1.78 bits per heavy atom. The van der Waals surface area contributed by atoms with Gasteiger partial charge in [-0.2, -0.15) is 0 Å². The van der Waals surface area contributed by atoms with Crippen LogP contribution in [0.5, 0.6) is 5.75 Å². The molecule has 6 N–H and O–H groups in total. The monoisotopic (exact) mass is 252 g/mol. The SMILES string of the molecule is COc1cc(N(CC(N)=O)CC(N)=O)ccc1N. The van der Waals surface area contributed by atoms with Gasteiger partial charge in [0, 0.05) is 11.8 Å². The maximum absolute atomic E-state index is 11.0. The van der Waals surface area contributed by atoms with Crippen LogP contribution in [0.25, 0.3) is 0 Å². The van der Waals surface area contributed by atoms with E-state index in [9.17, 15) is 9.59 Å². The standard InChI is InChI=1S/C11H16N4O3/c1-18-9-4-7(2-3-8(9)12)15(5-10(13)16)6-11(14)17/h2-4H,5-6,12H2,1H3,(H2,13,16)(H2,14,17). The van der Waals surface area contributed by atoms with E-state index in [4.69, 9.17) is 21.9 Å². The van der Waals surface area contributed by atoms with E-state index < -0.39 is 11.8 Å². The summed E-state index contributed by atoms with van der Waals surface area (Å²) in [5, 5.41) is 0. The number of carbonyl (C=O) groups is 2. The number of rotatable bonds is 6. The maximum atomic E-state index is 11.0. The molecule has 0 spiro atoms. The van der Waals surface area contributed by atoms with Crippen LogP contribution in [0, 0.1) is 0 Å². The number of carbonyl (C=O) groups excluding carboxylic acids is 2. The van der Waals surface area contributed by atoms with Crippen molar-refractivity contribution in [3.05, 3.63) is 18.2 Å². The summed E-state index contributed by atoms with van der Waals surface area (Å²) in [5.74, 6) is -0.675. The number of hydrogen-bond donors (Lipinski definition) is 3. The molecule has 0 radical (unpaired) electrons. The van der Waals surface area contributed by atoms with Gasteiger partial charge in [-0.15, -0.1) is 0 Å². The van der Waals surface area contributed by atoms with Crippen molar-refractivity contribution in [2.24, 2.45) is 11.5 Å². The van der Waals surface area contributed by atoms with Crippen molar-refractivity contribution < 1.29 is 14.3 Å². The molecule has 0 atom stereocenters. The van der Waals surface area contributed by atoms with Crippen LogP contribution < -0.4 is 26.8 Å². The van der Waals surface area contributed by atoms with Crippen LogP contribution >= 0.6 is 0 Å². The highest BCUT2D eigenvalue weighted by molar-refractivity contribution is 5.85. The summed E-state index contributed by atoms with van der Waals surface area (Å²) in [5.41, 5.74) is 17.0. The zero-order chi connectivity index (χ0) is 13.7. The third-order valence-electron chi connectivity index (χ3n) is 2.28. The molecule has 2 amide bonds. The fourth-order valence-corrected chi connectivity index (χ4v) is 1.51. The van der Waals surface area contributed by atoms with E-state index in [2.05, 4.69) is 0 Å². The quantitative estimate of drug-likeness (QED) is 0.563. The molecule has 1 aromatic carbocycles. The van der Waals surface area contributed by atoms with Gasteiger partial charge in [0.2, 0.25) is 11.8 Å². The molecule has 0 saturated carbocycles. The lowest BCUT2D eigenvalue weighted by atomic mass is 10.2. The van der Waals surface area contributed by atoms with E-state index in [0.29, 0.717) is 17.1 Å². The Morgan fingerprint density at radius 1 is 1.22 bits per heavy atom. The Morgan fingerprint density at radius 3 is 2.22 bits per heavy atom. The van der Waals surface area contributed by atoms with Crippen molar-refractivity contribution in [3.63, 3.8) is 0 Å². The van der Waals surface area contributed by atoms with Gasteiger partial charge in [0.1, 0.15) is 5.75 Å². The lowest BCUT2D eigenvalue weighted by Crippen LogP contribution is -2.39. The van der Waals surface area contributed by atoms with Crippen LogP contribution in [0.15, 0.2) is 18.2 Å². The summed E-state index contributed by atoms with van der Waals surface area (Å²) in [6.45, 7) is -0.230. The van der Waals surface area contributed by atoms with E-state index in [-0.39, 0.29) is 13.1 Å². The van der Waals surface area contributed by atoms with Crippen LogP contribution in [0.1, 0.15) is 0 Å². The first kappa shape index (κ1) is 13.6. The Hall–Kier alpha value is -2.44. The average molecular weight is 252 g/mol. The molecule has 0 bridgehead atoms. The number of anilines is 2. The zero-order valence-corrected chi connectivity index (χ0v) is 10.1. The summed E-state index contributed by atoms with van der Waals surface area (Å²) < 4.78 is 5.06. The summed E-state index contributed by atoms with van der Waals surface area (Å²) >= 11 is 0. The highest BCUT2D eigenvalue weighted by Crippen LogP contribution is 2.27. The second-order valence-electron chi connectivity index (χ2n) is 3.71. The molecule has 0 saturated heterocycles. The van der Waals surface area contributed by atoms with Crippen LogP contribution in [-0.2, 0) is 9.59 Å². The molecular weight excluding hydrogens is 236 g/mol. The summed E-state index contributed by atoms with van der Waals surface area (Å²) in [6.07, 6.45) is 0. The Kier molecular flexibility index (Phi) is 4.36. The number of primary amides is 2. The number of nitrogen functional groups attached to an aromatic ring is 1. The van der Waals surface area contributed by atoms with Gasteiger partial charge in [0.15, 0.2) is 0 Å². The summed E-state index contributed by atoms with van der Waals surface area (Å²) in [6, 6.07) is 4.88. The fourth-order valence-electron chi connectivity index (χ4n) is 1.51. The van der Waals surface area contributed by atoms with E-state index in [0.717, 1.165) is 0 Å². The number of methoxy groups -OCH3 is 1. The minimum absolute atomic E-state index is 0.115. The van der Waals surface area contributed by atoms with Gasteiger partial charge in [-0.05, 0) is 12.1 Å². The molecule has 0 fully saturated rings. The van der Waals surface area contributed by atoms with Crippen molar-refractivity contribution in [1.82, 2.24) is 0 Å². The van der Waals surface area contributed by atoms with Gasteiger partial charge in [0.25, 0.3) is 0 Å². The van der Waals surface area contributed by atoms with Gasteiger partial charge < -0.3 is 26.8 Å². The Labute approximate surface area is 104 Å². The second kappa shape index (κ2) is 5.76. The van der Waals surface area contributed by atoms with Crippen molar-refractivity contribution in [3.8, 4) is 5.75 Å². The number of nitrogens with zero attached hydrogens (tertiary/aromatic N) is 1. The predicted octanol–water partition coefficient (Wildman–Crippen LogP) is -0.946. The molecule has 7 nitrogen and oxygen atoms in total. The van der Waals surface area contributed by atoms with Crippen molar-refractivity contribution in [2.75, 3.05) is 30.8 Å².